The molecule has 1 saturated heterocycles. The molecule has 0 spiro atoms. The van der Waals surface area contributed by atoms with Crippen LogP contribution in [0.25, 0.3) is 0 Å². The van der Waals surface area contributed by atoms with Crippen molar-refractivity contribution in [3.63, 3.8) is 0 Å². The van der Waals surface area contributed by atoms with Gasteiger partial charge in [-0.3, -0.25) is 4.79 Å². The molecule has 1 aromatic rings. The average molecular weight is 351 g/mol. The molecule has 1 aromatic carbocycles. The van der Waals surface area contributed by atoms with Crippen LogP contribution in [0.4, 0.5) is 0 Å². The molecule has 1 heterocycles. The van der Waals surface area contributed by atoms with Gasteiger partial charge in [0.15, 0.2) is 0 Å². The van der Waals surface area contributed by atoms with Crippen LogP contribution in [0.3, 0.4) is 0 Å². The molecule has 1 saturated carbocycles. The third-order valence-corrected chi connectivity index (χ3v) is 5.79. The Morgan fingerprint density at radius 1 is 1.46 bits per heavy atom. The van der Waals surface area contributed by atoms with Crippen LogP contribution < -0.4 is 5.32 Å². The van der Waals surface area contributed by atoms with E-state index in [9.17, 15) is 4.79 Å². The second-order valence-corrected chi connectivity index (χ2v) is 7.54. The van der Waals surface area contributed by atoms with Crippen LogP contribution in [0.5, 0.6) is 0 Å². The first-order chi connectivity index (χ1) is 11.6. The standard InChI is InChI=1S/C19H27ClN2O2/c1-24-11-10-22-9-6-15(14-22)13-21-18(23)19(7-3-8-19)16-4-2-5-17(20)12-16/h2,4-5,12,15H,3,6-11,13-14H2,1H3,(H,21,23)/t15-/m1/s1. The first-order valence-electron chi connectivity index (χ1n) is 8.90. The van der Waals surface area contributed by atoms with E-state index >= 15 is 0 Å². The Morgan fingerprint density at radius 3 is 2.96 bits per heavy atom. The third-order valence-electron chi connectivity index (χ3n) is 5.55. The third kappa shape index (κ3) is 3.76. The Labute approximate surface area is 149 Å². The Balaban J connectivity index is 1.55. The molecule has 1 aliphatic heterocycles. The molecule has 5 heteroatoms. The molecular weight excluding hydrogens is 324 g/mol. The topological polar surface area (TPSA) is 41.6 Å². The van der Waals surface area contributed by atoms with E-state index in [4.69, 9.17) is 16.3 Å². The summed E-state index contributed by atoms with van der Waals surface area (Å²) in [6.07, 6.45) is 4.09. The van der Waals surface area contributed by atoms with E-state index in [1.165, 1.54) is 0 Å². The SMILES string of the molecule is COCCN1CC[C@H](CNC(=O)C2(c3cccc(Cl)c3)CCC2)C1. The largest absolute Gasteiger partial charge is 0.383 e. The Hall–Kier alpha value is -1.10. The van der Waals surface area contributed by atoms with Crippen LogP contribution >= 0.6 is 11.6 Å². The first-order valence-corrected chi connectivity index (χ1v) is 9.27. The van der Waals surface area contributed by atoms with Gasteiger partial charge in [0.05, 0.1) is 12.0 Å². The maximum absolute atomic E-state index is 12.9. The zero-order valence-electron chi connectivity index (χ0n) is 14.4. The van der Waals surface area contributed by atoms with E-state index in [-0.39, 0.29) is 11.3 Å². The molecule has 0 bridgehead atoms. The van der Waals surface area contributed by atoms with Crippen molar-refractivity contribution >= 4 is 17.5 Å². The van der Waals surface area contributed by atoms with Crippen LogP contribution in [-0.2, 0) is 14.9 Å². The summed E-state index contributed by atoms with van der Waals surface area (Å²) in [4.78, 5) is 15.3. The Kier molecular flexibility index (Phi) is 5.80. The number of carbonyl (C=O) groups is 1. The summed E-state index contributed by atoms with van der Waals surface area (Å²) in [5.41, 5.74) is 0.700. The molecule has 3 rings (SSSR count). The molecule has 0 radical (unpaired) electrons. The second kappa shape index (κ2) is 7.85. The van der Waals surface area contributed by atoms with E-state index in [2.05, 4.69) is 10.2 Å². The summed E-state index contributed by atoms with van der Waals surface area (Å²) < 4.78 is 5.14. The number of hydrogen-bond donors (Lipinski definition) is 1. The lowest BCUT2D eigenvalue weighted by Crippen LogP contribution is -2.50. The number of likely N-dealkylation sites (tertiary alicyclic amines) is 1. The number of rotatable bonds is 7. The van der Waals surface area contributed by atoms with Crippen molar-refractivity contribution in [3.05, 3.63) is 34.9 Å². The molecule has 1 aliphatic carbocycles. The summed E-state index contributed by atoms with van der Waals surface area (Å²) in [5, 5.41) is 3.93. The number of nitrogens with one attached hydrogen (secondary N) is 1. The van der Waals surface area contributed by atoms with E-state index in [0.717, 1.165) is 64.0 Å². The lowest BCUT2D eigenvalue weighted by atomic mass is 9.64. The number of hydrogen-bond acceptors (Lipinski definition) is 3. The van der Waals surface area contributed by atoms with E-state index < -0.39 is 0 Å². The van der Waals surface area contributed by atoms with Crippen molar-refractivity contribution in [1.82, 2.24) is 10.2 Å². The van der Waals surface area contributed by atoms with E-state index in [0.29, 0.717) is 10.9 Å². The summed E-state index contributed by atoms with van der Waals surface area (Å²) in [6, 6.07) is 7.78. The number of carbonyl (C=O) groups excluding carboxylic acids is 1. The van der Waals surface area contributed by atoms with Crippen molar-refractivity contribution in [2.24, 2.45) is 5.92 Å². The van der Waals surface area contributed by atoms with Crippen LogP contribution in [0.15, 0.2) is 24.3 Å². The fourth-order valence-corrected chi connectivity index (χ4v) is 4.06. The van der Waals surface area contributed by atoms with Crippen molar-refractivity contribution in [2.75, 3.05) is 39.9 Å². The number of methoxy groups -OCH3 is 1. The van der Waals surface area contributed by atoms with Gasteiger partial charge in [0.25, 0.3) is 0 Å². The second-order valence-electron chi connectivity index (χ2n) is 7.10. The lowest BCUT2D eigenvalue weighted by molar-refractivity contribution is -0.130. The first kappa shape index (κ1) is 17.7. The minimum atomic E-state index is -0.362. The van der Waals surface area contributed by atoms with Crippen molar-refractivity contribution < 1.29 is 9.53 Å². The predicted octanol–water partition coefficient (Wildman–Crippen LogP) is 2.85. The highest BCUT2D eigenvalue weighted by Crippen LogP contribution is 2.44. The number of amides is 1. The van der Waals surface area contributed by atoms with Crippen LogP contribution in [0.2, 0.25) is 5.02 Å². The zero-order valence-corrected chi connectivity index (χ0v) is 15.1. The molecule has 4 nitrogen and oxygen atoms in total. The van der Waals surface area contributed by atoms with Gasteiger partial charge in [-0.25, -0.2) is 0 Å². The highest BCUT2D eigenvalue weighted by atomic mass is 35.5. The molecule has 2 aliphatic rings. The zero-order chi connectivity index (χ0) is 17.0. The molecular formula is C19H27ClN2O2. The summed E-state index contributed by atoms with van der Waals surface area (Å²) >= 11 is 6.13. The van der Waals surface area contributed by atoms with Crippen molar-refractivity contribution in [3.8, 4) is 0 Å². The molecule has 132 valence electrons. The highest BCUT2D eigenvalue weighted by Gasteiger charge is 2.45. The van der Waals surface area contributed by atoms with Gasteiger partial charge in [0.1, 0.15) is 0 Å². The minimum absolute atomic E-state index is 0.173. The van der Waals surface area contributed by atoms with Gasteiger partial charge in [0.2, 0.25) is 5.91 Å². The highest BCUT2D eigenvalue weighted by molar-refractivity contribution is 6.30. The fraction of sp³-hybridized carbons (Fsp3) is 0.632. The van der Waals surface area contributed by atoms with Gasteiger partial charge in [-0.05, 0) is 49.4 Å². The minimum Gasteiger partial charge on any atom is -0.383 e. The van der Waals surface area contributed by atoms with Crippen LogP contribution in [0, 0.1) is 5.92 Å². The van der Waals surface area contributed by atoms with Gasteiger partial charge in [0, 0.05) is 31.8 Å². The average Bonchev–Trinajstić information content (AvgIpc) is 2.98. The van der Waals surface area contributed by atoms with Crippen LogP contribution in [0.1, 0.15) is 31.2 Å². The maximum Gasteiger partial charge on any atom is 0.230 e. The Morgan fingerprint density at radius 2 is 2.29 bits per heavy atom. The quantitative estimate of drug-likeness (QED) is 0.822. The number of halogens is 1. The molecule has 24 heavy (non-hydrogen) atoms. The smallest absolute Gasteiger partial charge is 0.230 e. The molecule has 0 aromatic heterocycles. The van der Waals surface area contributed by atoms with Gasteiger partial charge in [-0.1, -0.05) is 30.2 Å². The molecule has 0 unspecified atom stereocenters. The van der Waals surface area contributed by atoms with Gasteiger partial charge < -0.3 is 15.0 Å². The number of nitrogens with zero attached hydrogens (tertiary/aromatic N) is 1. The van der Waals surface area contributed by atoms with Crippen molar-refractivity contribution in [2.45, 2.75) is 31.1 Å². The van der Waals surface area contributed by atoms with Crippen LogP contribution in [-0.4, -0.2) is 50.7 Å². The van der Waals surface area contributed by atoms with E-state index in [1.54, 1.807) is 7.11 Å². The normalized spacial score (nSPS) is 23.0. The van der Waals surface area contributed by atoms with Gasteiger partial charge >= 0.3 is 0 Å². The van der Waals surface area contributed by atoms with Gasteiger partial charge in [-0.2, -0.15) is 0 Å². The predicted molar refractivity (Wildman–Crippen MR) is 96.4 cm³/mol. The molecule has 1 amide bonds. The van der Waals surface area contributed by atoms with Gasteiger partial charge in [-0.15, -0.1) is 0 Å². The summed E-state index contributed by atoms with van der Waals surface area (Å²) in [5.74, 6) is 0.716. The fourth-order valence-electron chi connectivity index (χ4n) is 3.87. The molecule has 2 fully saturated rings. The monoisotopic (exact) mass is 350 g/mol. The number of ether oxygens (including phenoxy) is 1. The number of benzene rings is 1. The lowest BCUT2D eigenvalue weighted by Gasteiger charge is -2.41. The Bertz CT molecular complexity index is 574. The summed E-state index contributed by atoms with van der Waals surface area (Å²) in [6.45, 7) is 4.67. The van der Waals surface area contributed by atoms with Crippen molar-refractivity contribution in [1.29, 1.82) is 0 Å². The summed E-state index contributed by atoms with van der Waals surface area (Å²) in [7, 11) is 1.74. The maximum atomic E-state index is 12.9. The molecule has 1 atom stereocenters. The molecule has 1 N–H and O–H groups in total. The van der Waals surface area contributed by atoms with E-state index in [1.807, 2.05) is 24.3 Å².